The van der Waals surface area contributed by atoms with Gasteiger partial charge in [0.1, 0.15) is 11.5 Å². The Morgan fingerprint density at radius 1 is 1.33 bits per heavy atom. The van der Waals surface area contributed by atoms with Gasteiger partial charge in [-0.25, -0.2) is 4.68 Å². The maximum Gasteiger partial charge on any atom is 0.266 e. The van der Waals surface area contributed by atoms with Crippen LogP contribution in [0.25, 0.3) is 5.76 Å². The summed E-state index contributed by atoms with van der Waals surface area (Å²) < 4.78 is 19.4. The van der Waals surface area contributed by atoms with Gasteiger partial charge in [0, 0.05) is 36.8 Å². The number of benzene rings is 1. The van der Waals surface area contributed by atoms with E-state index >= 15 is 0 Å². The Balaban J connectivity index is 2.04. The predicted molar refractivity (Wildman–Crippen MR) is 93.1 cm³/mol. The highest BCUT2D eigenvalue weighted by molar-refractivity contribution is 9.10. The van der Waals surface area contributed by atoms with Gasteiger partial charge in [0.15, 0.2) is 5.60 Å². The van der Waals surface area contributed by atoms with E-state index in [1.807, 2.05) is 31.2 Å². The maximum absolute atomic E-state index is 11.5. The summed E-state index contributed by atoms with van der Waals surface area (Å²) in [6.07, 6.45) is 1.86. The zero-order valence-corrected chi connectivity index (χ0v) is 15.2. The summed E-state index contributed by atoms with van der Waals surface area (Å²) in [6.45, 7) is 2.29. The Morgan fingerprint density at radius 3 is 2.83 bits per heavy atom. The summed E-state index contributed by atoms with van der Waals surface area (Å²) in [7, 11) is 3.20. The molecule has 0 fully saturated rings. The van der Waals surface area contributed by atoms with Crippen LogP contribution in [0.2, 0.25) is 0 Å². The van der Waals surface area contributed by atoms with E-state index in [9.17, 15) is 4.79 Å². The topological polar surface area (TPSA) is 62.6 Å². The third-order valence-electron chi connectivity index (χ3n) is 3.57. The number of aryl methyl sites for hydroxylation is 1. The second-order valence-corrected chi connectivity index (χ2v) is 6.65. The molecule has 1 aromatic heterocycles. The molecule has 0 amide bonds. The minimum absolute atomic E-state index is 0.198. The van der Waals surface area contributed by atoms with Crippen molar-refractivity contribution in [3.63, 3.8) is 0 Å². The number of nitrogens with zero attached hydrogens (tertiary/aromatic N) is 2. The van der Waals surface area contributed by atoms with Crippen molar-refractivity contribution < 1.29 is 14.2 Å². The summed E-state index contributed by atoms with van der Waals surface area (Å²) in [5.41, 5.74) is -0.0600. The summed E-state index contributed by atoms with van der Waals surface area (Å²) in [5.74, 6) is 1.62. The molecule has 1 aliphatic heterocycles. The average molecular weight is 393 g/mol. The number of methoxy groups -OCH3 is 1. The number of ether oxygens (including phenoxy) is 3. The molecule has 6 nitrogen and oxygen atoms in total. The van der Waals surface area contributed by atoms with Crippen molar-refractivity contribution in [1.82, 2.24) is 9.78 Å². The van der Waals surface area contributed by atoms with E-state index in [1.54, 1.807) is 20.2 Å². The van der Waals surface area contributed by atoms with E-state index in [2.05, 4.69) is 21.0 Å². The fraction of sp³-hybridized carbons (Fsp3) is 0.294. The highest BCUT2D eigenvalue weighted by atomic mass is 79.9. The number of rotatable bonds is 4. The Kier molecular flexibility index (Phi) is 4.47. The molecule has 0 saturated heterocycles. The normalized spacial score (nSPS) is 19.2. The first-order valence-corrected chi connectivity index (χ1v) is 8.12. The van der Waals surface area contributed by atoms with Gasteiger partial charge in [-0.05, 0) is 25.1 Å². The van der Waals surface area contributed by atoms with Gasteiger partial charge in [-0.15, -0.1) is 5.10 Å². The number of halogens is 1. The highest BCUT2D eigenvalue weighted by Crippen LogP contribution is 2.38. The van der Waals surface area contributed by atoms with Crippen LogP contribution in [-0.4, -0.2) is 29.1 Å². The molecule has 0 spiro atoms. The van der Waals surface area contributed by atoms with Crippen molar-refractivity contribution >= 4 is 21.7 Å². The lowest BCUT2D eigenvalue weighted by Gasteiger charge is -2.33. The monoisotopic (exact) mass is 392 g/mol. The van der Waals surface area contributed by atoms with Gasteiger partial charge < -0.3 is 14.2 Å². The van der Waals surface area contributed by atoms with Crippen LogP contribution in [0.3, 0.4) is 0 Å². The highest BCUT2D eigenvalue weighted by Gasteiger charge is 2.32. The molecule has 0 saturated carbocycles. The Morgan fingerprint density at radius 2 is 2.12 bits per heavy atom. The number of hydrogen-bond acceptors (Lipinski definition) is 5. The number of aromatic nitrogens is 2. The maximum atomic E-state index is 11.5. The van der Waals surface area contributed by atoms with Crippen molar-refractivity contribution in [2.45, 2.75) is 12.5 Å². The molecule has 2 heterocycles. The van der Waals surface area contributed by atoms with Gasteiger partial charge in [0.25, 0.3) is 5.56 Å². The fourth-order valence-corrected chi connectivity index (χ4v) is 2.87. The van der Waals surface area contributed by atoms with Gasteiger partial charge in [-0.2, -0.15) is 0 Å². The molecule has 3 rings (SSSR count). The minimum Gasteiger partial charge on any atom is -0.480 e. The average Bonchev–Trinajstić information content (AvgIpc) is 2.52. The molecule has 1 aromatic carbocycles. The zero-order chi connectivity index (χ0) is 17.3. The third-order valence-corrected chi connectivity index (χ3v) is 4.06. The van der Waals surface area contributed by atoms with Crippen LogP contribution in [0.5, 0.6) is 11.6 Å². The van der Waals surface area contributed by atoms with Gasteiger partial charge in [-0.1, -0.05) is 15.9 Å². The Labute approximate surface area is 147 Å². The summed E-state index contributed by atoms with van der Waals surface area (Å²) >= 11 is 3.46. The molecule has 126 valence electrons. The zero-order valence-electron chi connectivity index (χ0n) is 13.6. The molecular weight excluding hydrogens is 376 g/mol. The lowest BCUT2D eigenvalue weighted by Crippen LogP contribution is -2.38. The Hall–Kier alpha value is -2.12. The van der Waals surface area contributed by atoms with Crippen LogP contribution in [0.15, 0.2) is 45.7 Å². The predicted octanol–water partition coefficient (Wildman–Crippen LogP) is 2.76. The van der Waals surface area contributed by atoms with Gasteiger partial charge >= 0.3 is 0 Å². The van der Waals surface area contributed by atoms with Gasteiger partial charge in [0.2, 0.25) is 5.88 Å². The largest absolute Gasteiger partial charge is 0.480 e. The molecule has 0 aliphatic carbocycles. The molecule has 0 N–H and O–H groups in total. The molecule has 24 heavy (non-hydrogen) atoms. The summed E-state index contributed by atoms with van der Waals surface area (Å²) in [5, 5.41) is 4.11. The number of hydrogen-bond donors (Lipinski definition) is 0. The molecule has 1 aliphatic rings. The molecule has 1 atom stereocenters. The number of fused-ring (bicyclic) bond motifs is 1. The van der Waals surface area contributed by atoms with E-state index in [1.165, 1.54) is 10.7 Å². The lowest BCUT2D eigenvalue weighted by atomic mass is 9.99. The van der Waals surface area contributed by atoms with Crippen LogP contribution >= 0.6 is 15.9 Å². The van der Waals surface area contributed by atoms with Crippen LogP contribution < -0.4 is 15.0 Å². The first-order valence-electron chi connectivity index (χ1n) is 7.33. The van der Waals surface area contributed by atoms with Crippen molar-refractivity contribution in [2.24, 2.45) is 7.05 Å². The molecule has 0 radical (unpaired) electrons. The summed E-state index contributed by atoms with van der Waals surface area (Å²) in [6, 6.07) is 8.65. The van der Waals surface area contributed by atoms with E-state index < -0.39 is 5.60 Å². The molecule has 0 bridgehead atoms. The van der Waals surface area contributed by atoms with E-state index in [-0.39, 0.29) is 5.56 Å². The van der Waals surface area contributed by atoms with Crippen molar-refractivity contribution in [3.05, 3.63) is 56.8 Å². The lowest BCUT2D eigenvalue weighted by molar-refractivity contribution is 0.0358. The van der Waals surface area contributed by atoms with Crippen LogP contribution in [0.4, 0.5) is 0 Å². The third kappa shape index (κ3) is 3.37. The van der Waals surface area contributed by atoms with Crippen LogP contribution in [0.1, 0.15) is 12.5 Å². The smallest absolute Gasteiger partial charge is 0.266 e. The van der Waals surface area contributed by atoms with E-state index in [0.717, 1.165) is 10.0 Å². The second kappa shape index (κ2) is 6.41. The van der Waals surface area contributed by atoms with Crippen molar-refractivity contribution in [2.75, 3.05) is 13.7 Å². The molecular formula is C17H17BrN2O4. The van der Waals surface area contributed by atoms with Crippen molar-refractivity contribution in [3.8, 4) is 11.6 Å². The quantitative estimate of drug-likeness (QED) is 0.800. The van der Waals surface area contributed by atoms with Crippen LogP contribution in [-0.2, 0) is 11.8 Å². The SMILES string of the molecule is COCC1(C)C=C(Oc2ccc(=O)n(C)n2)c2cc(Br)ccc2O1. The fourth-order valence-electron chi connectivity index (χ4n) is 2.51. The molecule has 1 unspecified atom stereocenters. The van der Waals surface area contributed by atoms with Gasteiger partial charge in [-0.3, -0.25) is 4.79 Å². The van der Waals surface area contributed by atoms with Crippen molar-refractivity contribution in [1.29, 1.82) is 0 Å². The van der Waals surface area contributed by atoms with E-state index in [0.29, 0.717) is 24.0 Å². The molecule has 7 heteroatoms. The Bertz CT molecular complexity index is 862. The van der Waals surface area contributed by atoms with E-state index in [4.69, 9.17) is 14.2 Å². The minimum atomic E-state index is -0.661. The summed E-state index contributed by atoms with van der Waals surface area (Å²) in [4.78, 5) is 11.5. The van der Waals surface area contributed by atoms with Crippen LogP contribution in [0, 0.1) is 0 Å². The second-order valence-electron chi connectivity index (χ2n) is 5.73. The first kappa shape index (κ1) is 16.7. The molecule has 2 aromatic rings. The standard InChI is InChI=1S/C17H17BrN2O4/c1-17(10-22-3)9-14(12-8-11(18)4-5-13(12)24-17)23-15-6-7-16(21)20(2)19-15/h4-9H,10H2,1-3H3. The first-order chi connectivity index (χ1) is 11.4. The van der Waals surface area contributed by atoms with Gasteiger partial charge in [0.05, 0.1) is 12.2 Å².